The molecule has 3 rings (SSSR count). The van der Waals surface area contributed by atoms with E-state index in [1.165, 1.54) is 30.2 Å². The molecule has 0 saturated carbocycles. The lowest BCUT2D eigenvalue weighted by Crippen LogP contribution is -2.23. The van der Waals surface area contributed by atoms with Gasteiger partial charge in [0.05, 0.1) is 23.7 Å². The summed E-state index contributed by atoms with van der Waals surface area (Å²) in [6, 6.07) is 15.5. The molecule has 152 valence electrons. The number of hydrogen-bond donors (Lipinski definition) is 1. The number of nitrogens with zero attached hydrogens (tertiary/aromatic N) is 4. The summed E-state index contributed by atoms with van der Waals surface area (Å²) in [7, 11) is 1.57. The monoisotopic (exact) mass is 411 g/mol. The maximum absolute atomic E-state index is 12.6. The first kappa shape index (κ1) is 20.9. The molecule has 0 aliphatic carbocycles. The van der Waals surface area contributed by atoms with Gasteiger partial charge in [0.25, 0.3) is 0 Å². The average Bonchev–Trinajstić information content (AvgIpc) is 3.21. The molecule has 0 unspecified atom stereocenters. The van der Waals surface area contributed by atoms with Gasteiger partial charge in [0, 0.05) is 0 Å². The van der Waals surface area contributed by atoms with Crippen LogP contribution in [0.5, 0.6) is 5.75 Å². The number of ether oxygens (including phenoxy) is 1. The van der Waals surface area contributed by atoms with Crippen LogP contribution in [0.1, 0.15) is 32.3 Å². The predicted molar refractivity (Wildman–Crippen MR) is 115 cm³/mol. The van der Waals surface area contributed by atoms with Crippen molar-refractivity contribution in [1.82, 2.24) is 20.2 Å². The zero-order valence-electron chi connectivity index (χ0n) is 16.8. The van der Waals surface area contributed by atoms with Gasteiger partial charge in [-0.1, -0.05) is 49.4 Å². The Hall–Kier alpha value is -2.87. The number of hydrogen-bond acceptors (Lipinski definition) is 6. The molecule has 7 nitrogen and oxygen atoms in total. The normalized spacial score (nSPS) is 11.8. The molecule has 0 aliphatic heterocycles. The predicted octanol–water partition coefficient (Wildman–Crippen LogP) is 4.13. The summed E-state index contributed by atoms with van der Waals surface area (Å²) < 4.78 is 6.94. The molecule has 1 aromatic heterocycles. The Kier molecular flexibility index (Phi) is 7.24. The maximum atomic E-state index is 12.6. The second-order valence-electron chi connectivity index (χ2n) is 6.59. The number of carbonyl (C=O) groups is 1. The topological polar surface area (TPSA) is 81.9 Å². The lowest BCUT2D eigenvalue weighted by Gasteiger charge is -2.14. The molecule has 1 amide bonds. The lowest BCUT2D eigenvalue weighted by atomic mass is 10.1. The molecule has 0 fully saturated rings. The summed E-state index contributed by atoms with van der Waals surface area (Å²) in [4.78, 5) is 12.6. The van der Waals surface area contributed by atoms with Gasteiger partial charge in [-0.05, 0) is 60.0 Å². The molecular formula is C21H25N5O2S. The van der Waals surface area contributed by atoms with Gasteiger partial charge in [-0.25, -0.2) is 0 Å². The molecule has 2 aromatic carbocycles. The van der Waals surface area contributed by atoms with Crippen molar-refractivity contribution in [3.8, 4) is 11.4 Å². The number of aromatic nitrogens is 4. The van der Waals surface area contributed by atoms with Crippen molar-refractivity contribution in [2.45, 2.75) is 43.5 Å². The number of unbranched alkanes of at least 4 members (excludes halogenated alkanes) is 1. The molecule has 3 aromatic rings. The third-order valence-corrected chi connectivity index (χ3v) is 5.49. The van der Waals surface area contributed by atoms with Crippen molar-refractivity contribution in [2.75, 3.05) is 12.4 Å². The van der Waals surface area contributed by atoms with Crippen LogP contribution < -0.4 is 10.1 Å². The minimum atomic E-state index is -0.395. The van der Waals surface area contributed by atoms with Crippen molar-refractivity contribution >= 4 is 23.4 Å². The van der Waals surface area contributed by atoms with E-state index in [1.807, 2.05) is 31.2 Å². The fourth-order valence-electron chi connectivity index (χ4n) is 2.79. The maximum Gasteiger partial charge on any atom is 0.237 e. The number of aryl methyl sites for hydroxylation is 1. The first-order valence-electron chi connectivity index (χ1n) is 9.60. The summed E-state index contributed by atoms with van der Waals surface area (Å²) in [5, 5.41) is 15.0. The second kappa shape index (κ2) is 10.1. The van der Waals surface area contributed by atoms with Crippen molar-refractivity contribution in [2.24, 2.45) is 0 Å². The van der Waals surface area contributed by atoms with Crippen LogP contribution in [-0.2, 0) is 11.2 Å². The zero-order valence-corrected chi connectivity index (χ0v) is 17.6. The number of carbonyl (C=O) groups excluding carboxylic acids is 1. The largest absolute Gasteiger partial charge is 0.495 e. The molecule has 0 spiro atoms. The van der Waals surface area contributed by atoms with E-state index in [2.05, 4.69) is 39.9 Å². The van der Waals surface area contributed by atoms with E-state index >= 15 is 0 Å². The third kappa shape index (κ3) is 5.35. The summed E-state index contributed by atoms with van der Waals surface area (Å²) in [6.45, 7) is 4.01. The van der Waals surface area contributed by atoms with Crippen molar-refractivity contribution in [1.29, 1.82) is 0 Å². The molecule has 0 radical (unpaired) electrons. The molecular weight excluding hydrogens is 386 g/mol. The SMILES string of the molecule is CCCCc1ccc(-n2nnnc2S[C@@H](C)C(=O)Nc2ccccc2OC)cc1. The van der Waals surface area contributed by atoms with Crippen molar-refractivity contribution < 1.29 is 9.53 Å². The van der Waals surface area contributed by atoms with Gasteiger partial charge in [0.2, 0.25) is 11.1 Å². The number of nitrogens with one attached hydrogen (secondary N) is 1. The molecule has 0 aliphatic rings. The van der Waals surface area contributed by atoms with E-state index in [-0.39, 0.29) is 5.91 Å². The summed E-state index contributed by atoms with van der Waals surface area (Å²) in [5.41, 5.74) is 2.80. The van der Waals surface area contributed by atoms with Crippen molar-refractivity contribution in [3.05, 3.63) is 54.1 Å². The summed E-state index contributed by atoms with van der Waals surface area (Å²) >= 11 is 1.30. The Morgan fingerprint density at radius 3 is 2.69 bits per heavy atom. The first-order chi connectivity index (χ1) is 14.1. The number of tetrazole rings is 1. The molecule has 1 N–H and O–H groups in total. The van der Waals surface area contributed by atoms with E-state index in [1.54, 1.807) is 23.9 Å². The Morgan fingerprint density at radius 2 is 1.97 bits per heavy atom. The van der Waals surface area contributed by atoms with Crippen LogP contribution in [0, 0.1) is 0 Å². The van der Waals surface area contributed by atoms with E-state index in [0.29, 0.717) is 16.6 Å². The fraction of sp³-hybridized carbons (Fsp3) is 0.333. The minimum Gasteiger partial charge on any atom is -0.495 e. The van der Waals surface area contributed by atoms with Gasteiger partial charge in [0.15, 0.2) is 0 Å². The quantitative estimate of drug-likeness (QED) is 0.533. The number of para-hydroxylation sites is 2. The van der Waals surface area contributed by atoms with Crippen LogP contribution in [0.3, 0.4) is 0 Å². The van der Waals surface area contributed by atoms with Gasteiger partial charge in [-0.2, -0.15) is 4.68 Å². The minimum absolute atomic E-state index is 0.149. The van der Waals surface area contributed by atoms with Crippen LogP contribution in [0.25, 0.3) is 5.69 Å². The fourth-order valence-corrected chi connectivity index (χ4v) is 3.60. The number of thioether (sulfide) groups is 1. The number of rotatable bonds is 9. The average molecular weight is 412 g/mol. The van der Waals surface area contributed by atoms with E-state index in [0.717, 1.165) is 12.1 Å². The van der Waals surface area contributed by atoms with Crippen LogP contribution in [0.2, 0.25) is 0 Å². The van der Waals surface area contributed by atoms with Gasteiger partial charge in [-0.15, -0.1) is 5.10 Å². The highest BCUT2D eigenvalue weighted by atomic mass is 32.2. The van der Waals surface area contributed by atoms with Gasteiger partial charge >= 0.3 is 0 Å². The highest BCUT2D eigenvalue weighted by Crippen LogP contribution is 2.27. The zero-order chi connectivity index (χ0) is 20.6. The molecule has 0 bridgehead atoms. The highest BCUT2D eigenvalue weighted by molar-refractivity contribution is 8.00. The second-order valence-corrected chi connectivity index (χ2v) is 7.90. The molecule has 1 heterocycles. The van der Waals surface area contributed by atoms with Crippen LogP contribution in [-0.4, -0.2) is 38.5 Å². The van der Waals surface area contributed by atoms with Gasteiger partial charge < -0.3 is 10.1 Å². The molecule has 29 heavy (non-hydrogen) atoms. The van der Waals surface area contributed by atoms with Crippen LogP contribution in [0.15, 0.2) is 53.7 Å². The molecule has 0 saturated heterocycles. The third-order valence-electron chi connectivity index (χ3n) is 4.46. The van der Waals surface area contributed by atoms with Crippen LogP contribution in [0.4, 0.5) is 5.69 Å². The lowest BCUT2D eigenvalue weighted by molar-refractivity contribution is -0.115. The van der Waals surface area contributed by atoms with Crippen molar-refractivity contribution in [3.63, 3.8) is 0 Å². The summed E-state index contributed by atoms with van der Waals surface area (Å²) in [6.07, 6.45) is 3.41. The van der Waals surface area contributed by atoms with Gasteiger partial charge in [0.1, 0.15) is 5.75 Å². The molecule has 8 heteroatoms. The number of amides is 1. The number of methoxy groups -OCH3 is 1. The van der Waals surface area contributed by atoms with E-state index in [9.17, 15) is 4.79 Å². The van der Waals surface area contributed by atoms with E-state index in [4.69, 9.17) is 4.74 Å². The summed E-state index contributed by atoms with van der Waals surface area (Å²) in [5.74, 6) is 0.468. The number of anilines is 1. The Bertz CT molecular complexity index is 942. The number of benzene rings is 2. The standard InChI is InChI=1S/C21H25N5O2S/c1-4-5-8-16-11-13-17(14-12-16)26-21(23-24-25-26)29-15(2)20(27)22-18-9-6-7-10-19(18)28-3/h6-7,9-15H,4-5,8H2,1-3H3,(H,22,27)/t15-/m0/s1. The Labute approximate surface area is 174 Å². The smallest absolute Gasteiger partial charge is 0.237 e. The van der Waals surface area contributed by atoms with Crippen LogP contribution >= 0.6 is 11.8 Å². The molecule has 1 atom stereocenters. The Balaban J connectivity index is 1.68. The van der Waals surface area contributed by atoms with Gasteiger partial charge in [-0.3, -0.25) is 4.79 Å². The first-order valence-corrected chi connectivity index (χ1v) is 10.5. The van der Waals surface area contributed by atoms with E-state index < -0.39 is 5.25 Å². The highest BCUT2D eigenvalue weighted by Gasteiger charge is 2.20. The Morgan fingerprint density at radius 1 is 1.21 bits per heavy atom.